The fourth-order valence-corrected chi connectivity index (χ4v) is 3.04. The molecule has 1 heterocycles. The number of alkyl carbamates (subject to hydrolysis) is 1. The molecule has 0 unspecified atom stereocenters. The molecule has 0 saturated carbocycles. The maximum atomic E-state index is 12.2. The summed E-state index contributed by atoms with van der Waals surface area (Å²) in [6.45, 7) is 10.9. The summed E-state index contributed by atoms with van der Waals surface area (Å²) in [5.74, 6) is 0. The SMILES string of the molecule is C=CCOC(=O)NCC(=C)[C@@H]1C[C@@H](OS(C)(=O)=O)CN1C(=O)OCC=C. The van der Waals surface area contributed by atoms with Crippen molar-refractivity contribution in [3.8, 4) is 0 Å². The third-order valence-corrected chi connectivity index (χ3v) is 4.02. The summed E-state index contributed by atoms with van der Waals surface area (Å²) < 4.78 is 37.5. The minimum atomic E-state index is -3.68. The molecule has 2 atom stereocenters. The Balaban J connectivity index is 2.75. The summed E-state index contributed by atoms with van der Waals surface area (Å²) in [5.41, 5.74) is 0.482. The van der Waals surface area contributed by atoms with E-state index in [0.29, 0.717) is 5.57 Å². The van der Waals surface area contributed by atoms with E-state index in [4.69, 9.17) is 13.7 Å². The number of likely N-dealkylation sites (tertiary alicyclic amines) is 1. The molecule has 1 rings (SSSR count). The maximum absolute atomic E-state index is 12.2. The first-order valence-corrected chi connectivity index (χ1v) is 9.61. The lowest BCUT2D eigenvalue weighted by Crippen LogP contribution is -2.40. The van der Waals surface area contributed by atoms with Crippen LogP contribution in [0.2, 0.25) is 0 Å². The highest BCUT2D eigenvalue weighted by molar-refractivity contribution is 7.86. The zero-order valence-electron chi connectivity index (χ0n) is 14.7. The van der Waals surface area contributed by atoms with Gasteiger partial charge < -0.3 is 14.8 Å². The summed E-state index contributed by atoms with van der Waals surface area (Å²) in [6.07, 6.45) is 1.95. The first kappa shape index (κ1) is 21.7. The molecule has 146 valence electrons. The van der Waals surface area contributed by atoms with Gasteiger partial charge in [-0.05, 0) is 5.57 Å². The van der Waals surface area contributed by atoms with Crippen LogP contribution in [0.1, 0.15) is 6.42 Å². The van der Waals surface area contributed by atoms with Crippen molar-refractivity contribution in [3.05, 3.63) is 37.5 Å². The van der Waals surface area contributed by atoms with Crippen molar-refractivity contribution >= 4 is 22.3 Å². The third kappa shape index (κ3) is 7.28. The number of nitrogens with zero attached hydrogens (tertiary/aromatic N) is 1. The number of nitrogens with one attached hydrogen (secondary N) is 1. The molecule has 0 bridgehead atoms. The van der Waals surface area contributed by atoms with Gasteiger partial charge in [0.2, 0.25) is 0 Å². The van der Waals surface area contributed by atoms with Crippen molar-refractivity contribution in [2.75, 3.05) is 32.6 Å². The van der Waals surface area contributed by atoms with Crippen molar-refractivity contribution in [2.24, 2.45) is 0 Å². The largest absolute Gasteiger partial charge is 0.445 e. The van der Waals surface area contributed by atoms with E-state index >= 15 is 0 Å². The van der Waals surface area contributed by atoms with Gasteiger partial charge in [0.1, 0.15) is 13.2 Å². The molecule has 1 aliphatic heterocycles. The lowest BCUT2D eigenvalue weighted by atomic mass is 10.1. The fraction of sp³-hybridized carbons (Fsp3) is 0.500. The van der Waals surface area contributed by atoms with Crippen LogP contribution in [0.25, 0.3) is 0 Å². The van der Waals surface area contributed by atoms with E-state index in [-0.39, 0.29) is 32.7 Å². The van der Waals surface area contributed by atoms with Crippen molar-refractivity contribution in [2.45, 2.75) is 18.6 Å². The predicted octanol–water partition coefficient (Wildman–Crippen LogP) is 1.20. The van der Waals surface area contributed by atoms with Crippen LogP contribution < -0.4 is 5.32 Å². The Morgan fingerprint density at radius 2 is 1.85 bits per heavy atom. The lowest BCUT2D eigenvalue weighted by Gasteiger charge is -2.25. The minimum absolute atomic E-state index is 0.0122. The van der Waals surface area contributed by atoms with E-state index in [1.54, 1.807) is 0 Å². The number of amides is 2. The zero-order valence-corrected chi connectivity index (χ0v) is 15.5. The van der Waals surface area contributed by atoms with Gasteiger partial charge in [-0.3, -0.25) is 9.08 Å². The van der Waals surface area contributed by atoms with Crippen molar-refractivity contribution < 1.29 is 31.7 Å². The van der Waals surface area contributed by atoms with Crippen LogP contribution in [0.15, 0.2) is 37.5 Å². The van der Waals surface area contributed by atoms with E-state index in [9.17, 15) is 18.0 Å². The number of hydrogen-bond acceptors (Lipinski definition) is 7. The Hall–Kier alpha value is -2.33. The summed E-state index contributed by atoms with van der Waals surface area (Å²) in [6, 6.07) is -0.557. The van der Waals surface area contributed by atoms with Gasteiger partial charge in [0.05, 0.1) is 24.9 Å². The minimum Gasteiger partial charge on any atom is -0.445 e. The molecule has 1 aliphatic rings. The molecular weight excluding hydrogens is 364 g/mol. The van der Waals surface area contributed by atoms with Crippen molar-refractivity contribution in [3.63, 3.8) is 0 Å². The highest BCUT2D eigenvalue weighted by Gasteiger charge is 2.39. The monoisotopic (exact) mass is 388 g/mol. The normalized spacial score (nSPS) is 19.5. The average Bonchev–Trinajstić information content (AvgIpc) is 2.97. The van der Waals surface area contributed by atoms with Gasteiger partial charge in [-0.1, -0.05) is 31.9 Å². The van der Waals surface area contributed by atoms with Crippen LogP contribution in [0.3, 0.4) is 0 Å². The van der Waals surface area contributed by atoms with Crippen LogP contribution in [0.4, 0.5) is 9.59 Å². The van der Waals surface area contributed by atoms with Gasteiger partial charge in [-0.15, -0.1) is 0 Å². The third-order valence-electron chi connectivity index (χ3n) is 3.40. The molecule has 0 aromatic rings. The molecule has 26 heavy (non-hydrogen) atoms. The number of rotatable bonds is 9. The summed E-state index contributed by atoms with van der Waals surface area (Å²) in [4.78, 5) is 25.0. The van der Waals surface area contributed by atoms with Gasteiger partial charge in [0.15, 0.2) is 0 Å². The first-order valence-electron chi connectivity index (χ1n) is 7.79. The highest BCUT2D eigenvalue weighted by Crippen LogP contribution is 2.26. The van der Waals surface area contributed by atoms with E-state index in [2.05, 4.69) is 25.1 Å². The van der Waals surface area contributed by atoms with Gasteiger partial charge in [-0.25, -0.2) is 9.59 Å². The molecule has 1 fully saturated rings. The number of hydrogen-bond donors (Lipinski definition) is 1. The Kier molecular flexibility index (Phi) is 8.33. The van der Waals surface area contributed by atoms with Crippen LogP contribution >= 0.6 is 0 Å². The standard InChI is InChI=1S/C16H24N2O7S/c1-5-7-23-15(19)17-10-12(3)14-9-13(25-26(4,21)22)11-18(14)16(20)24-8-6-2/h5-6,13-14H,1-3,7-11H2,4H3,(H,17,19)/t13-,14+/m1/s1. The van der Waals surface area contributed by atoms with Gasteiger partial charge in [0.25, 0.3) is 10.1 Å². The van der Waals surface area contributed by atoms with Crippen LogP contribution in [-0.2, 0) is 23.8 Å². The van der Waals surface area contributed by atoms with Gasteiger partial charge >= 0.3 is 12.2 Å². The van der Waals surface area contributed by atoms with Gasteiger partial charge in [-0.2, -0.15) is 8.42 Å². The van der Waals surface area contributed by atoms with Crippen LogP contribution in [0, 0.1) is 0 Å². The first-order chi connectivity index (χ1) is 12.2. The molecular formula is C16H24N2O7S. The van der Waals surface area contributed by atoms with Crippen LogP contribution in [-0.4, -0.2) is 70.2 Å². The Morgan fingerprint density at radius 1 is 1.23 bits per heavy atom. The smallest absolute Gasteiger partial charge is 0.410 e. The molecule has 9 nitrogen and oxygen atoms in total. The summed E-state index contributed by atoms with van der Waals surface area (Å²) in [7, 11) is -3.68. The fourth-order valence-electron chi connectivity index (χ4n) is 2.41. The molecule has 1 N–H and O–H groups in total. The predicted molar refractivity (Wildman–Crippen MR) is 95.1 cm³/mol. The molecule has 0 aromatic heterocycles. The molecule has 10 heteroatoms. The molecule has 0 aromatic carbocycles. The highest BCUT2D eigenvalue weighted by atomic mass is 32.2. The molecule has 1 saturated heterocycles. The number of ether oxygens (including phenoxy) is 2. The Labute approximate surface area is 153 Å². The van der Waals surface area contributed by atoms with Crippen molar-refractivity contribution in [1.29, 1.82) is 0 Å². The van der Waals surface area contributed by atoms with E-state index in [1.807, 2.05) is 0 Å². The second kappa shape index (κ2) is 9.97. The van der Waals surface area contributed by atoms with E-state index in [1.165, 1.54) is 17.1 Å². The molecule has 0 aliphatic carbocycles. The number of carbonyl (C=O) groups excluding carboxylic acids is 2. The topological polar surface area (TPSA) is 111 Å². The second-order valence-electron chi connectivity index (χ2n) is 5.59. The lowest BCUT2D eigenvalue weighted by molar-refractivity contribution is 0.108. The second-order valence-corrected chi connectivity index (χ2v) is 7.19. The van der Waals surface area contributed by atoms with Crippen LogP contribution in [0.5, 0.6) is 0 Å². The molecule has 2 amide bonds. The maximum Gasteiger partial charge on any atom is 0.410 e. The average molecular weight is 388 g/mol. The summed E-state index contributed by atoms with van der Waals surface area (Å²) >= 11 is 0. The van der Waals surface area contributed by atoms with Crippen molar-refractivity contribution in [1.82, 2.24) is 10.2 Å². The Morgan fingerprint density at radius 3 is 2.42 bits per heavy atom. The van der Waals surface area contributed by atoms with Gasteiger partial charge in [0, 0.05) is 13.0 Å². The molecule has 0 radical (unpaired) electrons. The van der Waals surface area contributed by atoms with E-state index < -0.39 is 34.5 Å². The molecule has 0 spiro atoms. The Bertz CT molecular complexity index is 660. The summed E-state index contributed by atoms with van der Waals surface area (Å²) in [5, 5.41) is 2.50. The van der Waals surface area contributed by atoms with E-state index in [0.717, 1.165) is 6.26 Å². The quantitative estimate of drug-likeness (QED) is 0.466. The zero-order chi connectivity index (χ0) is 19.7. The number of carbonyl (C=O) groups is 2.